The predicted molar refractivity (Wildman–Crippen MR) is 125 cm³/mol. The normalized spacial score (nSPS) is 12.7. The summed E-state index contributed by atoms with van der Waals surface area (Å²) >= 11 is 0. The van der Waals surface area contributed by atoms with E-state index in [0.717, 1.165) is 28.7 Å². The van der Waals surface area contributed by atoms with Gasteiger partial charge in [-0.3, -0.25) is 9.59 Å². The van der Waals surface area contributed by atoms with Crippen molar-refractivity contribution in [1.29, 1.82) is 0 Å². The number of benzene rings is 2. The van der Waals surface area contributed by atoms with Gasteiger partial charge in [-0.2, -0.15) is 0 Å². The van der Waals surface area contributed by atoms with Gasteiger partial charge in [-0.15, -0.1) is 0 Å². The molecule has 31 heavy (non-hydrogen) atoms. The Morgan fingerprint density at radius 2 is 1.74 bits per heavy atom. The first-order valence-corrected chi connectivity index (χ1v) is 11.1. The molecule has 0 spiro atoms. The van der Waals surface area contributed by atoms with Crippen LogP contribution in [0.4, 0.5) is 0 Å². The van der Waals surface area contributed by atoms with E-state index in [1.807, 2.05) is 71.0 Å². The molecule has 5 nitrogen and oxygen atoms in total. The SMILES string of the molecule is CCC(C)NC(=O)C(C)N(CCc1ccccc1)C(=O)COc1cc(C)cc(C)c1C. The molecular weight excluding hydrogens is 388 g/mol. The number of nitrogens with zero attached hydrogens (tertiary/aromatic N) is 1. The summed E-state index contributed by atoms with van der Waals surface area (Å²) in [7, 11) is 0. The Kier molecular flexibility index (Phi) is 9.10. The van der Waals surface area contributed by atoms with E-state index >= 15 is 0 Å². The van der Waals surface area contributed by atoms with E-state index < -0.39 is 6.04 Å². The number of carbonyl (C=O) groups excluding carboxylic acids is 2. The van der Waals surface area contributed by atoms with Crippen LogP contribution in [0.15, 0.2) is 42.5 Å². The van der Waals surface area contributed by atoms with Gasteiger partial charge in [0, 0.05) is 12.6 Å². The van der Waals surface area contributed by atoms with Crippen LogP contribution in [0, 0.1) is 20.8 Å². The van der Waals surface area contributed by atoms with Crippen LogP contribution in [0.25, 0.3) is 0 Å². The number of rotatable bonds is 10. The summed E-state index contributed by atoms with van der Waals surface area (Å²) in [6.07, 6.45) is 1.52. The fraction of sp³-hybridized carbons (Fsp3) is 0.462. The molecule has 2 aromatic carbocycles. The van der Waals surface area contributed by atoms with Crippen LogP contribution in [0.3, 0.4) is 0 Å². The van der Waals surface area contributed by atoms with Gasteiger partial charge in [0.2, 0.25) is 5.91 Å². The van der Waals surface area contributed by atoms with E-state index in [2.05, 4.69) is 11.4 Å². The molecule has 2 rings (SSSR count). The third kappa shape index (κ3) is 7.12. The first kappa shape index (κ1) is 24.4. The van der Waals surface area contributed by atoms with E-state index in [0.29, 0.717) is 18.7 Å². The second kappa shape index (κ2) is 11.5. The lowest BCUT2D eigenvalue weighted by atomic mass is 10.1. The highest BCUT2D eigenvalue weighted by Crippen LogP contribution is 2.23. The lowest BCUT2D eigenvalue weighted by Crippen LogP contribution is -2.51. The smallest absolute Gasteiger partial charge is 0.261 e. The fourth-order valence-electron chi connectivity index (χ4n) is 3.41. The summed E-state index contributed by atoms with van der Waals surface area (Å²) in [5, 5.41) is 2.99. The molecule has 2 amide bonds. The maximum Gasteiger partial charge on any atom is 0.261 e. The lowest BCUT2D eigenvalue weighted by Gasteiger charge is -2.29. The Labute approximate surface area is 186 Å². The second-order valence-corrected chi connectivity index (χ2v) is 8.31. The summed E-state index contributed by atoms with van der Waals surface area (Å²) in [5.74, 6) is 0.380. The Morgan fingerprint density at radius 1 is 1.06 bits per heavy atom. The second-order valence-electron chi connectivity index (χ2n) is 8.31. The molecule has 0 saturated carbocycles. The summed E-state index contributed by atoms with van der Waals surface area (Å²) < 4.78 is 5.90. The van der Waals surface area contributed by atoms with Crippen LogP contribution in [-0.4, -0.2) is 41.9 Å². The lowest BCUT2D eigenvalue weighted by molar-refractivity contribution is -0.141. The molecule has 0 aliphatic rings. The third-order valence-electron chi connectivity index (χ3n) is 5.77. The topological polar surface area (TPSA) is 58.6 Å². The zero-order valence-electron chi connectivity index (χ0n) is 19.7. The molecule has 0 heterocycles. The molecule has 0 radical (unpaired) electrons. The number of amides is 2. The van der Waals surface area contributed by atoms with Gasteiger partial charge in [0.05, 0.1) is 0 Å². The van der Waals surface area contributed by atoms with Crippen molar-refractivity contribution in [2.24, 2.45) is 0 Å². The van der Waals surface area contributed by atoms with Crippen molar-refractivity contribution < 1.29 is 14.3 Å². The minimum Gasteiger partial charge on any atom is -0.483 e. The first-order valence-electron chi connectivity index (χ1n) is 11.1. The van der Waals surface area contributed by atoms with Gasteiger partial charge >= 0.3 is 0 Å². The van der Waals surface area contributed by atoms with Crippen LogP contribution < -0.4 is 10.1 Å². The average Bonchev–Trinajstić information content (AvgIpc) is 2.75. The van der Waals surface area contributed by atoms with Crippen LogP contribution in [0.5, 0.6) is 5.75 Å². The molecule has 0 aliphatic heterocycles. The zero-order valence-corrected chi connectivity index (χ0v) is 19.7. The van der Waals surface area contributed by atoms with Crippen LogP contribution in [0.1, 0.15) is 49.4 Å². The Hall–Kier alpha value is -2.82. The van der Waals surface area contributed by atoms with Crippen molar-refractivity contribution in [1.82, 2.24) is 10.2 Å². The van der Waals surface area contributed by atoms with E-state index in [4.69, 9.17) is 4.74 Å². The van der Waals surface area contributed by atoms with Gasteiger partial charge in [0.1, 0.15) is 11.8 Å². The van der Waals surface area contributed by atoms with Crippen LogP contribution in [0.2, 0.25) is 0 Å². The quantitative estimate of drug-likeness (QED) is 0.616. The summed E-state index contributed by atoms with van der Waals surface area (Å²) in [4.78, 5) is 27.5. The average molecular weight is 425 g/mol. The van der Waals surface area contributed by atoms with E-state index in [1.165, 1.54) is 0 Å². The third-order valence-corrected chi connectivity index (χ3v) is 5.77. The molecule has 0 aromatic heterocycles. The van der Waals surface area contributed by atoms with Gasteiger partial charge in [-0.25, -0.2) is 0 Å². The van der Waals surface area contributed by atoms with Crippen molar-refractivity contribution in [2.45, 2.75) is 66.5 Å². The number of ether oxygens (including phenoxy) is 1. The molecule has 1 N–H and O–H groups in total. The molecule has 168 valence electrons. The van der Waals surface area contributed by atoms with E-state index in [9.17, 15) is 9.59 Å². The summed E-state index contributed by atoms with van der Waals surface area (Å²) in [6.45, 7) is 12.2. The van der Waals surface area contributed by atoms with Crippen LogP contribution in [-0.2, 0) is 16.0 Å². The van der Waals surface area contributed by atoms with Gasteiger partial charge in [0.15, 0.2) is 6.61 Å². The van der Waals surface area contributed by atoms with E-state index in [-0.39, 0.29) is 24.5 Å². The van der Waals surface area contributed by atoms with Gasteiger partial charge < -0.3 is 15.0 Å². The Morgan fingerprint density at radius 3 is 2.39 bits per heavy atom. The maximum atomic E-state index is 13.1. The molecular formula is C26H36N2O3. The van der Waals surface area contributed by atoms with E-state index in [1.54, 1.807) is 11.8 Å². The number of aryl methyl sites for hydroxylation is 2. The van der Waals surface area contributed by atoms with Gasteiger partial charge in [0.25, 0.3) is 5.91 Å². The largest absolute Gasteiger partial charge is 0.483 e. The first-order chi connectivity index (χ1) is 14.7. The highest BCUT2D eigenvalue weighted by molar-refractivity contribution is 5.88. The van der Waals surface area contributed by atoms with Crippen molar-refractivity contribution in [3.8, 4) is 5.75 Å². The number of hydrogen-bond donors (Lipinski definition) is 1. The standard InChI is InChI=1S/C26H36N2O3/c1-7-20(4)27-26(30)22(6)28(14-13-23-11-9-8-10-12-23)25(29)17-31-24-16-18(2)15-19(3)21(24)5/h8-12,15-16,20,22H,7,13-14,17H2,1-6H3,(H,27,30). The Balaban J connectivity index is 2.13. The van der Waals surface area contributed by atoms with Crippen LogP contribution >= 0.6 is 0 Å². The monoisotopic (exact) mass is 424 g/mol. The minimum atomic E-state index is -0.575. The molecule has 0 aliphatic carbocycles. The molecule has 5 heteroatoms. The van der Waals surface area contributed by atoms with Crippen molar-refractivity contribution >= 4 is 11.8 Å². The molecule has 2 unspecified atom stereocenters. The summed E-state index contributed by atoms with van der Waals surface area (Å²) in [5.41, 5.74) is 4.37. The van der Waals surface area contributed by atoms with Crippen molar-refractivity contribution in [3.63, 3.8) is 0 Å². The highest BCUT2D eigenvalue weighted by atomic mass is 16.5. The zero-order chi connectivity index (χ0) is 23.0. The van der Waals surface area contributed by atoms with Gasteiger partial charge in [-0.1, -0.05) is 43.3 Å². The number of nitrogens with one attached hydrogen (secondary N) is 1. The Bertz CT molecular complexity index is 880. The minimum absolute atomic E-state index is 0.0650. The molecule has 0 fully saturated rings. The van der Waals surface area contributed by atoms with Gasteiger partial charge in [-0.05, 0) is 75.8 Å². The molecule has 2 aromatic rings. The predicted octanol–water partition coefficient (Wildman–Crippen LogP) is 4.37. The molecule has 2 atom stereocenters. The molecule has 0 saturated heterocycles. The number of carbonyl (C=O) groups is 2. The number of hydrogen-bond acceptors (Lipinski definition) is 3. The highest BCUT2D eigenvalue weighted by Gasteiger charge is 2.27. The maximum absolute atomic E-state index is 13.1. The molecule has 0 bridgehead atoms. The fourth-order valence-corrected chi connectivity index (χ4v) is 3.41. The summed E-state index contributed by atoms with van der Waals surface area (Å²) in [6, 6.07) is 13.5. The van der Waals surface area contributed by atoms with Crippen molar-refractivity contribution in [3.05, 3.63) is 64.7 Å². The van der Waals surface area contributed by atoms with Crippen molar-refractivity contribution in [2.75, 3.05) is 13.2 Å².